The third-order valence-electron chi connectivity index (χ3n) is 2.99. The van der Waals surface area contributed by atoms with Crippen molar-refractivity contribution in [3.8, 4) is 6.07 Å². The third-order valence-corrected chi connectivity index (χ3v) is 3.85. The number of rotatable bonds is 2. The Kier molecular flexibility index (Phi) is 3.11. The van der Waals surface area contributed by atoms with Crippen molar-refractivity contribution in [2.75, 3.05) is 6.26 Å². The summed E-state index contributed by atoms with van der Waals surface area (Å²) in [5.74, 6) is 0.202. The quantitative estimate of drug-likeness (QED) is 0.742. The van der Waals surface area contributed by atoms with Crippen molar-refractivity contribution in [3.05, 3.63) is 17.5 Å². The summed E-state index contributed by atoms with van der Waals surface area (Å²) in [6.45, 7) is 0. The van der Waals surface area contributed by atoms with Crippen LogP contribution in [0.2, 0.25) is 0 Å². The monoisotopic (exact) mass is 251 g/mol. The maximum absolute atomic E-state index is 11.4. The van der Waals surface area contributed by atoms with Crippen LogP contribution in [0, 0.1) is 11.3 Å². The molecule has 6 heteroatoms. The highest BCUT2D eigenvalue weighted by Crippen LogP contribution is 2.34. The summed E-state index contributed by atoms with van der Waals surface area (Å²) in [5.41, 5.74) is 0.990. The van der Waals surface area contributed by atoms with Gasteiger partial charge in [-0.05, 0) is 12.8 Å². The topological polar surface area (TPSA) is 83.7 Å². The number of hydrogen-bond donors (Lipinski definition) is 0. The fourth-order valence-electron chi connectivity index (χ4n) is 2.15. The number of sulfone groups is 1. The van der Waals surface area contributed by atoms with Gasteiger partial charge < -0.3 is 0 Å². The molecule has 0 spiro atoms. The SMILES string of the molecule is CS(=O)(=O)c1ncc(C#N)c(C2CCCC2)n1. The lowest BCUT2D eigenvalue weighted by Crippen LogP contribution is -2.09. The summed E-state index contributed by atoms with van der Waals surface area (Å²) < 4.78 is 22.8. The largest absolute Gasteiger partial charge is 0.247 e. The maximum Gasteiger partial charge on any atom is 0.247 e. The predicted molar refractivity (Wildman–Crippen MR) is 61.1 cm³/mol. The van der Waals surface area contributed by atoms with E-state index in [4.69, 9.17) is 5.26 Å². The van der Waals surface area contributed by atoms with Gasteiger partial charge >= 0.3 is 0 Å². The van der Waals surface area contributed by atoms with E-state index in [0.717, 1.165) is 31.9 Å². The van der Waals surface area contributed by atoms with Crippen molar-refractivity contribution >= 4 is 9.84 Å². The molecule has 0 N–H and O–H groups in total. The molecule has 0 amide bonds. The average Bonchev–Trinajstić information content (AvgIpc) is 2.80. The van der Waals surface area contributed by atoms with Gasteiger partial charge in [0, 0.05) is 18.4 Å². The maximum atomic E-state index is 11.4. The number of nitriles is 1. The highest BCUT2D eigenvalue weighted by molar-refractivity contribution is 7.90. The van der Waals surface area contributed by atoms with Gasteiger partial charge in [-0.15, -0.1) is 0 Å². The molecule has 0 atom stereocenters. The summed E-state index contributed by atoms with van der Waals surface area (Å²) in [7, 11) is -3.41. The fraction of sp³-hybridized carbons (Fsp3) is 0.545. The highest BCUT2D eigenvalue weighted by Gasteiger charge is 2.24. The molecule has 0 aliphatic heterocycles. The first-order chi connectivity index (χ1) is 8.02. The minimum absolute atomic E-state index is 0.182. The molecule has 0 saturated heterocycles. The van der Waals surface area contributed by atoms with Crippen LogP contribution in [0.15, 0.2) is 11.4 Å². The van der Waals surface area contributed by atoms with Gasteiger partial charge in [-0.2, -0.15) is 5.26 Å². The second-order valence-corrected chi connectivity index (χ2v) is 6.23. The van der Waals surface area contributed by atoms with Crippen LogP contribution in [0.5, 0.6) is 0 Å². The van der Waals surface area contributed by atoms with Crippen molar-refractivity contribution in [1.29, 1.82) is 5.26 Å². The van der Waals surface area contributed by atoms with Crippen LogP contribution in [0.1, 0.15) is 42.9 Å². The van der Waals surface area contributed by atoms with Crippen LogP contribution in [-0.4, -0.2) is 24.6 Å². The van der Waals surface area contributed by atoms with Gasteiger partial charge in [0.2, 0.25) is 15.0 Å². The smallest absolute Gasteiger partial charge is 0.225 e. The summed E-state index contributed by atoms with van der Waals surface area (Å²) in [4.78, 5) is 7.81. The molecule has 5 nitrogen and oxygen atoms in total. The Morgan fingerprint density at radius 1 is 1.41 bits per heavy atom. The van der Waals surface area contributed by atoms with Gasteiger partial charge in [0.15, 0.2) is 0 Å². The van der Waals surface area contributed by atoms with Crippen LogP contribution in [-0.2, 0) is 9.84 Å². The fourth-order valence-corrected chi connectivity index (χ4v) is 2.66. The van der Waals surface area contributed by atoms with Gasteiger partial charge in [0.1, 0.15) is 6.07 Å². The van der Waals surface area contributed by atoms with Crippen molar-refractivity contribution in [3.63, 3.8) is 0 Å². The lowest BCUT2D eigenvalue weighted by Gasteiger charge is -2.10. The van der Waals surface area contributed by atoms with Crippen molar-refractivity contribution < 1.29 is 8.42 Å². The summed E-state index contributed by atoms with van der Waals surface area (Å²) in [6, 6.07) is 2.03. The zero-order valence-electron chi connectivity index (χ0n) is 9.55. The van der Waals surface area contributed by atoms with Gasteiger partial charge in [-0.3, -0.25) is 0 Å². The van der Waals surface area contributed by atoms with E-state index in [2.05, 4.69) is 9.97 Å². The molecular formula is C11H13N3O2S. The molecule has 1 aromatic rings. The second-order valence-electron chi connectivity index (χ2n) is 4.32. The van der Waals surface area contributed by atoms with Crippen molar-refractivity contribution in [2.24, 2.45) is 0 Å². The van der Waals surface area contributed by atoms with E-state index < -0.39 is 9.84 Å². The Morgan fingerprint density at radius 3 is 2.59 bits per heavy atom. The molecule has 1 aliphatic carbocycles. The van der Waals surface area contributed by atoms with Crippen molar-refractivity contribution in [2.45, 2.75) is 36.8 Å². The molecule has 1 aromatic heterocycles. The Hall–Kier alpha value is -1.48. The van der Waals surface area contributed by atoms with E-state index in [0.29, 0.717) is 11.3 Å². The molecular weight excluding hydrogens is 238 g/mol. The number of hydrogen-bond acceptors (Lipinski definition) is 5. The Balaban J connectivity index is 2.51. The molecule has 0 radical (unpaired) electrons. The summed E-state index contributed by atoms with van der Waals surface area (Å²) in [6.07, 6.45) is 6.54. The molecule has 0 aromatic carbocycles. The van der Waals surface area contributed by atoms with Crippen LogP contribution < -0.4 is 0 Å². The Labute approximate surface area is 100 Å². The molecule has 1 fully saturated rings. The van der Waals surface area contributed by atoms with E-state index in [1.54, 1.807) is 0 Å². The molecule has 0 bridgehead atoms. The van der Waals surface area contributed by atoms with Gasteiger partial charge in [-0.25, -0.2) is 18.4 Å². The molecule has 0 unspecified atom stereocenters. The standard InChI is InChI=1S/C11H13N3O2S/c1-17(15,16)11-13-7-9(6-12)10(14-11)8-4-2-3-5-8/h7-8H,2-5H2,1H3. The molecule has 90 valence electrons. The van der Waals surface area contributed by atoms with Gasteiger partial charge in [0.05, 0.1) is 11.3 Å². The van der Waals surface area contributed by atoms with Crippen LogP contribution in [0.25, 0.3) is 0 Å². The molecule has 17 heavy (non-hydrogen) atoms. The molecule has 1 heterocycles. The minimum Gasteiger partial charge on any atom is -0.225 e. The number of aromatic nitrogens is 2. The lowest BCUT2D eigenvalue weighted by molar-refractivity contribution is 0.588. The van der Waals surface area contributed by atoms with Crippen LogP contribution in [0.4, 0.5) is 0 Å². The average molecular weight is 251 g/mol. The first-order valence-corrected chi connectivity index (χ1v) is 7.38. The number of nitrogens with zero attached hydrogens (tertiary/aromatic N) is 3. The molecule has 1 aliphatic rings. The Morgan fingerprint density at radius 2 is 2.06 bits per heavy atom. The van der Waals surface area contributed by atoms with E-state index in [-0.39, 0.29) is 11.1 Å². The first-order valence-electron chi connectivity index (χ1n) is 5.49. The van der Waals surface area contributed by atoms with E-state index in [1.807, 2.05) is 6.07 Å². The normalized spacial score (nSPS) is 16.9. The predicted octanol–water partition coefficient (Wildman–Crippen LogP) is 1.41. The second kappa shape index (κ2) is 4.41. The van der Waals surface area contributed by atoms with Gasteiger partial charge in [-0.1, -0.05) is 12.8 Å². The lowest BCUT2D eigenvalue weighted by atomic mass is 10.0. The summed E-state index contributed by atoms with van der Waals surface area (Å²) in [5, 5.41) is 8.81. The third kappa shape index (κ3) is 2.44. The molecule has 1 saturated carbocycles. The van der Waals surface area contributed by atoms with Crippen LogP contribution >= 0.6 is 0 Å². The van der Waals surface area contributed by atoms with E-state index >= 15 is 0 Å². The first kappa shape index (κ1) is 12.0. The van der Waals surface area contributed by atoms with E-state index in [1.165, 1.54) is 6.20 Å². The summed E-state index contributed by atoms with van der Waals surface area (Å²) >= 11 is 0. The van der Waals surface area contributed by atoms with Crippen molar-refractivity contribution in [1.82, 2.24) is 9.97 Å². The highest BCUT2D eigenvalue weighted by atomic mass is 32.2. The van der Waals surface area contributed by atoms with Gasteiger partial charge in [0.25, 0.3) is 0 Å². The zero-order valence-corrected chi connectivity index (χ0v) is 10.4. The van der Waals surface area contributed by atoms with E-state index in [9.17, 15) is 8.42 Å². The van der Waals surface area contributed by atoms with Crippen LogP contribution in [0.3, 0.4) is 0 Å². The molecule has 2 rings (SSSR count). The zero-order chi connectivity index (χ0) is 12.5. The minimum atomic E-state index is -3.41. The Bertz CT molecular complexity index is 569.